The number of hydrogen-bond donors (Lipinski definition) is 21. The molecule has 17 bridgehead atoms. The Labute approximate surface area is 729 Å². The molecule has 40 nitrogen and oxygen atoms in total. The molecule has 7 aromatic carbocycles. The fraction of sp³-hybridized carbons (Fsp3) is 0.400. The summed E-state index contributed by atoms with van der Waals surface area (Å²) in [6.45, 7) is 0.767. The molecule has 9 heterocycles. The van der Waals surface area contributed by atoms with Gasteiger partial charge in [0.15, 0.2) is 40.9 Å². The van der Waals surface area contributed by atoms with Crippen molar-refractivity contribution in [2.75, 3.05) is 19.8 Å². The summed E-state index contributed by atoms with van der Waals surface area (Å²) in [5.41, 5.74) is 4.94. The highest BCUT2D eigenvalue weighted by molar-refractivity contribution is 6.32. The Hall–Kier alpha value is -11.7. The van der Waals surface area contributed by atoms with E-state index < -0.39 is 289 Å². The highest BCUT2D eigenvalue weighted by Gasteiger charge is 2.52. The quantitative estimate of drug-likeness (QED) is 0.0753. The summed E-state index contributed by atoms with van der Waals surface area (Å²) in [6.07, 6.45) is -29.6. The lowest BCUT2D eigenvalue weighted by Gasteiger charge is -2.44. The summed E-state index contributed by atoms with van der Waals surface area (Å²) in [5, 5.41) is 173. The molecule has 676 valence electrons. The lowest BCUT2D eigenvalue weighted by Crippen LogP contribution is -2.65. The third-order valence-electron chi connectivity index (χ3n) is 22.3. The highest BCUT2D eigenvalue weighted by Crippen LogP contribution is 2.51. The van der Waals surface area contributed by atoms with Crippen LogP contribution in [0.5, 0.6) is 69.0 Å². The third kappa shape index (κ3) is 20.2. The summed E-state index contributed by atoms with van der Waals surface area (Å²) < 4.78 is 57.6. The maximum absolute atomic E-state index is 17.0. The molecule has 3 saturated heterocycles. The van der Waals surface area contributed by atoms with E-state index in [0.717, 1.165) is 67.6 Å². The van der Waals surface area contributed by atoms with E-state index in [9.17, 15) is 85.9 Å². The first-order valence-corrected chi connectivity index (χ1v) is 40.5. The highest BCUT2D eigenvalue weighted by atomic mass is 35.5. The topological polar surface area (TPSA) is 635 Å². The van der Waals surface area contributed by atoms with Gasteiger partial charge >= 0.3 is 6.15 Å². The summed E-state index contributed by atoms with van der Waals surface area (Å²) in [4.78, 5) is 139. The number of phenols is 4. The summed E-state index contributed by atoms with van der Waals surface area (Å²) in [7, 11) is 0. The van der Waals surface area contributed by atoms with Crippen molar-refractivity contribution >= 4 is 76.4 Å². The summed E-state index contributed by atoms with van der Waals surface area (Å²) in [6, 6.07) is 11.0. The van der Waals surface area contributed by atoms with Gasteiger partial charge in [-0.25, -0.2) is 0 Å². The number of Topliss-reactive ketones (excluding diaryl/α,β-unsaturated/α-hetero) is 2. The van der Waals surface area contributed by atoms with E-state index in [1.807, 2.05) is 0 Å². The molecule has 6 unspecified atom stereocenters. The number of hydrogen-bond acceptors (Lipinski definition) is 34. The van der Waals surface area contributed by atoms with Crippen LogP contribution in [0, 0.1) is 5.92 Å². The van der Waals surface area contributed by atoms with Crippen molar-refractivity contribution in [3.05, 3.63) is 164 Å². The van der Waals surface area contributed by atoms with Gasteiger partial charge in [0, 0.05) is 56.0 Å². The molecule has 0 aliphatic carbocycles. The first-order chi connectivity index (χ1) is 60.5. The molecule has 22 atom stereocenters. The second-order valence-corrected chi connectivity index (χ2v) is 32.4. The largest absolute Gasteiger partial charge is 0.508 e. The molecule has 127 heavy (non-hydrogen) atoms. The second kappa shape index (κ2) is 39.2. The molecular weight excluding hydrogens is 1720 g/mol. The number of rotatable bonds is 13. The van der Waals surface area contributed by atoms with Crippen LogP contribution in [0.15, 0.2) is 115 Å². The zero-order valence-corrected chi connectivity index (χ0v) is 68.8. The molecule has 42 heteroatoms. The number of phenolic OH excluding ortho intramolecular Hbond substituents is 4. The molecule has 0 aromatic heterocycles. The number of carbonyl (C=O) groups is 8. The maximum Gasteiger partial charge on any atom is 0.373 e. The number of nitrogens with two attached hydrogens (primary N) is 1. The van der Waals surface area contributed by atoms with E-state index >= 15 is 24.0 Å². The minimum absolute atomic E-state index is 0.0706. The number of halogens is 2. The van der Waals surface area contributed by atoms with Gasteiger partial charge in [0.05, 0.1) is 47.7 Å². The molecular formula is C85H89Cl2N7O33. The first kappa shape index (κ1) is 92.9. The van der Waals surface area contributed by atoms with E-state index in [4.69, 9.17) is 81.2 Å². The van der Waals surface area contributed by atoms with Crippen molar-refractivity contribution in [2.45, 2.75) is 187 Å². The Morgan fingerprint density at radius 3 is 1.74 bits per heavy atom. The van der Waals surface area contributed by atoms with E-state index in [0.29, 0.717) is 0 Å². The first-order valence-electron chi connectivity index (χ1n) is 39.7. The molecule has 0 saturated carbocycles. The van der Waals surface area contributed by atoms with E-state index in [1.54, 1.807) is 13.8 Å². The molecule has 9 aliphatic heterocycles. The lowest BCUT2D eigenvalue weighted by atomic mass is 9.85. The number of aliphatic hydroxyl groups excluding tert-OH is 10. The number of fused-ring (bicyclic) bond motifs is 14. The van der Waals surface area contributed by atoms with Gasteiger partial charge in [0.25, 0.3) is 0 Å². The lowest BCUT2D eigenvalue weighted by molar-refractivity contribution is -0.284. The number of benzene rings is 7. The number of aliphatic hydroxyl groups is 10. The Morgan fingerprint density at radius 1 is 0.535 bits per heavy atom. The van der Waals surface area contributed by atoms with Crippen molar-refractivity contribution in [1.29, 1.82) is 0 Å². The van der Waals surface area contributed by atoms with Crippen LogP contribution in [0.25, 0.3) is 11.1 Å². The Morgan fingerprint density at radius 2 is 1.10 bits per heavy atom. The molecule has 6 amide bonds. The van der Waals surface area contributed by atoms with Crippen molar-refractivity contribution in [3.8, 4) is 80.1 Å². The van der Waals surface area contributed by atoms with Crippen LogP contribution in [-0.2, 0) is 79.9 Å². The summed E-state index contributed by atoms with van der Waals surface area (Å²) >= 11 is 14.7. The predicted octanol–water partition coefficient (Wildman–Crippen LogP) is 0.631. The smallest absolute Gasteiger partial charge is 0.373 e. The van der Waals surface area contributed by atoms with Gasteiger partial charge in [0.2, 0.25) is 53.8 Å². The number of amides is 6. The number of nitrogens with one attached hydrogen (secondary N) is 6. The van der Waals surface area contributed by atoms with Crippen molar-refractivity contribution in [3.63, 3.8) is 0 Å². The number of ketones is 2. The SMILES string of the molecule is CC(=O)NC1[C@H](O[C@@H]2c3ccc(c(Cl)c3)Oc3cc4cc(c3O[C@@H]3OC(CO)[C@@H](O)[C@H](O)C3NC(=O)CC(C)C)Oc3ccc(cc3Cl)C[C@H]3NC(=O)[C@H](N)c5ccc(O)c(c5)Oc5cc(O)cc(c5)[C@H](CC3=O)C(=O)N[C@H]4C(=O)C[C@H]3C(=O)N[C@@H]2C(=O)NCc2cc(O)cc(O[C@H]4OC(CO)[C@@H](O)C(O)[C@H]4O)c2-c2cc3ccc2O)OC(CO)[C@@H](O)[C@@H]1O.O=C=O. The Bertz CT molecular complexity index is 5410. The van der Waals surface area contributed by atoms with Gasteiger partial charge in [-0.2, -0.15) is 9.59 Å². The number of carbonyl (C=O) groups excluding carboxylic acids is 10. The average molecular weight is 1810 g/mol. The standard InChI is InChI=1S/C84H89Cl2N7O31.CO2/c1-31(2)12-62(104)91-67-73(109)70(106)60(29-95)121-83(67)124-77-57-21-38-22-58(77)118-54-11-7-36(19-47(54)86)76(123-82-66(89-32(3)97)72(108)69(105)59(28-94)120-82)68-81(115)88-27-39-16-41(99)24-56(119-84-75(111)74(110)71(107)61(30-96)122-84)63(39)45-18-34(5-8-49(45)100)43(78(112)93-68)26-52(103)65(38)92-79(113)44-25-51(102)48(14-33-4-10-53(117-57)46(85)13-33)90-80(114)64(87)35-6-9-50(101)55(20-35)116-42-17-37(44)15-40(98)23-42;2-1-3/h4-11,13,15-24,31,43-44,48,59-61,64-76,82-84,94-96,98-101,105-111H,12,14,25-30,87H2,1-3H3,(H,88,115)(H,89,97)(H,90,114)(H,91,104)(H,92,113)(H,93,112);/t43-,44+,48-,59?,60?,61?,64-,65-,66?,67?,68+,69-,70-,71-,72-,73-,74?,75-,76-,82+,83+,84+;/m1./s1. The number of ether oxygens (including phenoxy) is 9. The van der Waals surface area contributed by atoms with Crippen molar-refractivity contribution in [2.24, 2.45) is 11.7 Å². The fourth-order valence-corrected chi connectivity index (χ4v) is 16.4. The normalized spacial score (nSPS) is 28.9. The van der Waals surface area contributed by atoms with E-state index in [-0.39, 0.29) is 85.3 Å². The molecule has 16 rings (SSSR count). The molecule has 7 aromatic rings. The molecule has 0 radical (unpaired) electrons. The number of aromatic hydroxyl groups is 4. The fourth-order valence-electron chi connectivity index (χ4n) is 15.9. The molecule has 9 aliphatic rings. The zero-order valence-electron chi connectivity index (χ0n) is 67.3. The monoisotopic (exact) mass is 1810 g/mol. The van der Waals surface area contributed by atoms with Gasteiger partial charge in [-0.1, -0.05) is 61.3 Å². The third-order valence-corrected chi connectivity index (χ3v) is 22.9. The average Bonchev–Trinajstić information content (AvgIpc) is 0.764. The van der Waals surface area contributed by atoms with Gasteiger partial charge in [-0.3, -0.25) is 38.4 Å². The van der Waals surface area contributed by atoms with Crippen LogP contribution >= 0.6 is 23.2 Å². The van der Waals surface area contributed by atoms with Crippen LogP contribution in [-0.4, -0.2) is 249 Å². The molecule has 22 N–H and O–H groups in total. The molecule has 0 spiro atoms. The zero-order chi connectivity index (χ0) is 91.6. The Kier molecular flexibility index (Phi) is 28.7. The Balaban J connectivity index is 0.00000454. The van der Waals surface area contributed by atoms with Crippen LogP contribution in [0.4, 0.5) is 0 Å². The van der Waals surface area contributed by atoms with E-state index in [2.05, 4.69) is 31.9 Å². The van der Waals surface area contributed by atoms with Crippen LogP contribution < -0.4 is 61.3 Å². The predicted molar refractivity (Wildman–Crippen MR) is 431 cm³/mol. The van der Waals surface area contributed by atoms with Crippen LogP contribution in [0.1, 0.15) is 109 Å². The van der Waals surface area contributed by atoms with Crippen molar-refractivity contribution in [1.82, 2.24) is 31.9 Å². The van der Waals surface area contributed by atoms with Crippen LogP contribution in [0.2, 0.25) is 10.0 Å². The van der Waals surface area contributed by atoms with Crippen LogP contribution in [0.3, 0.4) is 0 Å². The second-order valence-electron chi connectivity index (χ2n) is 31.6. The van der Waals surface area contributed by atoms with Gasteiger partial charge in [-0.05, 0) is 130 Å². The molecule has 3 fully saturated rings. The maximum atomic E-state index is 17.0. The summed E-state index contributed by atoms with van der Waals surface area (Å²) in [5.74, 6) is -18.8. The minimum atomic E-state index is -2.30. The minimum Gasteiger partial charge on any atom is -0.508 e. The van der Waals surface area contributed by atoms with Gasteiger partial charge in [0.1, 0.15) is 138 Å². The van der Waals surface area contributed by atoms with Crippen molar-refractivity contribution < 1.29 is 162 Å². The van der Waals surface area contributed by atoms with Gasteiger partial charge in [-0.15, -0.1) is 0 Å². The van der Waals surface area contributed by atoms with Gasteiger partial charge < -0.3 is 152 Å². The van der Waals surface area contributed by atoms with E-state index in [1.165, 1.54) is 54.6 Å².